The number of aryl methyl sites for hydroxylation is 1. The van der Waals surface area contributed by atoms with Crippen LogP contribution in [0.4, 0.5) is 0 Å². The van der Waals surface area contributed by atoms with Crippen molar-refractivity contribution in [2.45, 2.75) is 38.1 Å². The van der Waals surface area contributed by atoms with Gasteiger partial charge in [0, 0.05) is 45.5 Å². The first kappa shape index (κ1) is 17.1. The van der Waals surface area contributed by atoms with Crippen LogP contribution in [0.15, 0.2) is 18.3 Å². The standard InChI is InChI=1S/C20H31N3O2/c1-21-9-3-4-18(21)19(24)23-10-7-20(8-11-23)12-17(22(2)15-20)14-25-13-16-5-6-16/h3-4,9,16-17H,5-8,10-15H2,1-2H3/t17-/m0/s1. The number of hydrogen-bond donors (Lipinski definition) is 0. The van der Waals surface area contributed by atoms with Gasteiger partial charge in [-0.1, -0.05) is 0 Å². The van der Waals surface area contributed by atoms with Crippen molar-refractivity contribution < 1.29 is 9.53 Å². The van der Waals surface area contributed by atoms with Crippen LogP contribution in [0.2, 0.25) is 0 Å². The predicted molar refractivity (Wildman–Crippen MR) is 97.6 cm³/mol. The van der Waals surface area contributed by atoms with Crippen molar-refractivity contribution in [3.8, 4) is 0 Å². The quantitative estimate of drug-likeness (QED) is 0.822. The molecule has 2 saturated heterocycles. The summed E-state index contributed by atoms with van der Waals surface area (Å²) < 4.78 is 7.88. The maximum Gasteiger partial charge on any atom is 0.270 e. The predicted octanol–water partition coefficient (Wildman–Crippen LogP) is 2.38. The zero-order chi connectivity index (χ0) is 17.4. The lowest BCUT2D eigenvalue weighted by Crippen LogP contribution is -2.44. The normalized spacial score (nSPS) is 26.5. The van der Waals surface area contributed by atoms with Crippen LogP contribution < -0.4 is 0 Å². The first-order chi connectivity index (χ1) is 12.1. The molecule has 0 bridgehead atoms. The van der Waals surface area contributed by atoms with Crippen LogP contribution in [-0.2, 0) is 11.8 Å². The smallest absolute Gasteiger partial charge is 0.270 e. The van der Waals surface area contributed by atoms with Crippen molar-refractivity contribution in [3.63, 3.8) is 0 Å². The van der Waals surface area contributed by atoms with Gasteiger partial charge in [0.15, 0.2) is 0 Å². The molecule has 1 aromatic heterocycles. The molecule has 25 heavy (non-hydrogen) atoms. The maximum atomic E-state index is 12.7. The third kappa shape index (κ3) is 3.63. The fourth-order valence-corrected chi connectivity index (χ4v) is 4.61. The summed E-state index contributed by atoms with van der Waals surface area (Å²) >= 11 is 0. The van der Waals surface area contributed by atoms with Gasteiger partial charge in [-0.05, 0) is 62.6 Å². The minimum absolute atomic E-state index is 0.179. The lowest BCUT2D eigenvalue weighted by molar-refractivity contribution is 0.0579. The number of hydrogen-bond acceptors (Lipinski definition) is 3. The van der Waals surface area contributed by atoms with Gasteiger partial charge in [-0.2, -0.15) is 0 Å². The van der Waals surface area contributed by atoms with E-state index in [4.69, 9.17) is 4.74 Å². The van der Waals surface area contributed by atoms with Crippen molar-refractivity contribution in [2.75, 3.05) is 39.9 Å². The minimum Gasteiger partial charge on any atom is -0.380 e. The van der Waals surface area contributed by atoms with Gasteiger partial charge in [-0.15, -0.1) is 0 Å². The summed E-state index contributed by atoms with van der Waals surface area (Å²) in [5, 5.41) is 0. The SMILES string of the molecule is CN1CC2(CCN(C(=O)c3cccn3C)CC2)C[C@H]1COCC1CC1. The van der Waals surface area contributed by atoms with Crippen molar-refractivity contribution in [3.05, 3.63) is 24.0 Å². The van der Waals surface area contributed by atoms with Crippen LogP contribution in [-0.4, -0.2) is 66.2 Å². The van der Waals surface area contributed by atoms with Gasteiger partial charge in [0.05, 0.1) is 6.61 Å². The number of amides is 1. The van der Waals surface area contributed by atoms with Crippen LogP contribution in [0.3, 0.4) is 0 Å². The molecule has 0 aromatic carbocycles. The zero-order valence-corrected chi connectivity index (χ0v) is 15.6. The first-order valence-corrected chi connectivity index (χ1v) is 9.75. The Balaban J connectivity index is 1.30. The summed E-state index contributed by atoms with van der Waals surface area (Å²) in [5.41, 5.74) is 1.18. The molecule has 1 aromatic rings. The van der Waals surface area contributed by atoms with Crippen molar-refractivity contribution in [2.24, 2.45) is 18.4 Å². The molecule has 0 N–H and O–H groups in total. The number of likely N-dealkylation sites (tertiary alicyclic amines) is 2. The molecule has 1 amide bonds. The van der Waals surface area contributed by atoms with Gasteiger partial charge >= 0.3 is 0 Å². The van der Waals surface area contributed by atoms with E-state index in [0.29, 0.717) is 11.5 Å². The van der Waals surface area contributed by atoms with E-state index in [1.54, 1.807) is 0 Å². The summed E-state index contributed by atoms with van der Waals surface area (Å²) in [5.74, 6) is 1.02. The zero-order valence-electron chi connectivity index (χ0n) is 15.6. The van der Waals surface area contributed by atoms with Gasteiger partial charge < -0.3 is 19.1 Å². The Morgan fingerprint density at radius 2 is 2.00 bits per heavy atom. The summed E-state index contributed by atoms with van der Waals surface area (Å²) in [6.45, 7) is 4.74. The van der Waals surface area contributed by atoms with Crippen molar-refractivity contribution >= 4 is 5.91 Å². The second-order valence-corrected chi connectivity index (χ2v) is 8.55. The van der Waals surface area contributed by atoms with Crippen LogP contribution in [0.5, 0.6) is 0 Å². The van der Waals surface area contributed by atoms with E-state index in [1.165, 1.54) is 19.3 Å². The second kappa shape index (κ2) is 6.76. The fourth-order valence-electron chi connectivity index (χ4n) is 4.61. The van der Waals surface area contributed by atoms with Crippen LogP contribution in [0.1, 0.15) is 42.6 Å². The summed E-state index contributed by atoms with van der Waals surface area (Å²) in [7, 11) is 4.18. The minimum atomic E-state index is 0.179. The van der Waals surface area contributed by atoms with E-state index in [-0.39, 0.29) is 5.91 Å². The number of carbonyl (C=O) groups is 1. The number of carbonyl (C=O) groups excluding carboxylic acids is 1. The van der Waals surface area contributed by atoms with Crippen LogP contribution in [0, 0.1) is 11.3 Å². The highest BCUT2D eigenvalue weighted by molar-refractivity contribution is 5.92. The highest BCUT2D eigenvalue weighted by atomic mass is 16.5. The Bertz CT molecular complexity index is 614. The second-order valence-electron chi connectivity index (χ2n) is 8.55. The highest BCUT2D eigenvalue weighted by Gasteiger charge is 2.45. The van der Waals surface area contributed by atoms with E-state index >= 15 is 0 Å². The Morgan fingerprint density at radius 3 is 2.64 bits per heavy atom. The Kier molecular flexibility index (Phi) is 4.63. The molecule has 1 aliphatic carbocycles. The molecule has 4 rings (SSSR count). The van der Waals surface area contributed by atoms with Crippen LogP contribution in [0.25, 0.3) is 0 Å². The molecule has 3 aliphatic rings. The lowest BCUT2D eigenvalue weighted by atomic mass is 9.76. The largest absolute Gasteiger partial charge is 0.380 e. The maximum absolute atomic E-state index is 12.7. The lowest BCUT2D eigenvalue weighted by Gasteiger charge is -2.39. The molecule has 3 heterocycles. The number of likely N-dealkylation sites (N-methyl/N-ethyl adjacent to an activating group) is 1. The number of aromatic nitrogens is 1. The third-order valence-corrected chi connectivity index (χ3v) is 6.51. The first-order valence-electron chi connectivity index (χ1n) is 9.75. The summed E-state index contributed by atoms with van der Waals surface area (Å²) in [6, 6.07) is 4.41. The van der Waals surface area contributed by atoms with Crippen molar-refractivity contribution in [1.82, 2.24) is 14.4 Å². The Hall–Kier alpha value is -1.33. The molecule has 3 fully saturated rings. The molecule has 0 unspecified atom stereocenters. The number of rotatable bonds is 5. The highest BCUT2D eigenvalue weighted by Crippen LogP contribution is 2.43. The molecule has 1 atom stereocenters. The molecule has 1 spiro atoms. The van der Waals surface area contributed by atoms with E-state index in [9.17, 15) is 4.79 Å². The fraction of sp³-hybridized carbons (Fsp3) is 0.750. The van der Waals surface area contributed by atoms with E-state index in [2.05, 4.69) is 11.9 Å². The monoisotopic (exact) mass is 345 g/mol. The third-order valence-electron chi connectivity index (χ3n) is 6.51. The van der Waals surface area contributed by atoms with Gasteiger partial charge in [0.25, 0.3) is 5.91 Å². The average molecular weight is 345 g/mol. The molecule has 5 nitrogen and oxygen atoms in total. The van der Waals surface area contributed by atoms with Gasteiger partial charge in [-0.25, -0.2) is 0 Å². The summed E-state index contributed by atoms with van der Waals surface area (Å²) in [6.07, 6.45) is 8.11. The average Bonchev–Trinajstić information content (AvgIpc) is 3.24. The molecule has 0 radical (unpaired) electrons. The number of piperidine rings is 1. The molecule has 1 saturated carbocycles. The number of ether oxygens (including phenoxy) is 1. The topological polar surface area (TPSA) is 37.7 Å². The number of nitrogens with zero attached hydrogens (tertiary/aromatic N) is 3. The van der Waals surface area contributed by atoms with E-state index < -0.39 is 0 Å². The van der Waals surface area contributed by atoms with Crippen molar-refractivity contribution in [1.29, 1.82) is 0 Å². The molecule has 2 aliphatic heterocycles. The van der Waals surface area contributed by atoms with Crippen LogP contribution >= 0.6 is 0 Å². The van der Waals surface area contributed by atoms with E-state index in [1.807, 2.05) is 34.8 Å². The summed E-state index contributed by atoms with van der Waals surface area (Å²) in [4.78, 5) is 17.2. The van der Waals surface area contributed by atoms with Gasteiger partial charge in [0.1, 0.15) is 5.69 Å². The molecule has 5 heteroatoms. The molecular formula is C20H31N3O2. The van der Waals surface area contributed by atoms with Gasteiger partial charge in [-0.3, -0.25) is 4.79 Å². The molecular weight excluding hydrogens is 314 g/mol. The Morgan fingerprint density at radius 1 is 1.24 bits per heavy atom. The van der Waals surface area contributed by atoms with Gasteiger partial charge in [0.2, 0.25) is 0 Å². The molecule has 138 valence electrons. The Labute approximate surface area is 150 Å². The van der Waals surface area contributed by atoms with E-state index in [0.717, 1.165) is 57.3 Å².